The fourth-order valence-corrected chi connectivity index (χ4v) is 3.11. The van der Waals surface area contributed by atoms with E-state index in [0.717, 1.165) is 23.1 Å². The van der Waals surface area contributed by atoms with Crippen molar-refractivity contribution in [2.24, 2.45) is 5.73 Å². The topological polar surface area (TPSA) is 98.8 Å². The monoisotopic (exact) mass is 455 g/mol. The van der Waals surface area contributed by atoms with Gasteiger partial charge in [0.15, 0.2) is 6.10 Å². The van der Waals surface area contributed by atoms with Crippen LogP contribution >= 0.6 is 23.2 Å². The quantitative estimate of drug-likeness (QED) is 0.556. The molecule has 0 saturated carbocycles. The number of nitrogens with two attached hydrogens (primary N) is 1. The highest BCUT2D eigenvalue weighted by Crippen LogP contribution is 2.27. The van der Waals surface area contributed by atoms with Gasteiger partial charge in [0.2, 0.25) is 5.91 Å². The summed E-state index contributed by atoms with van der Waals surface area (Å²) in [4.78, 5) is 21.0. The maximum atomic E-state index is 11.3. The molecule has 30 heavy (non-hydrogen) atoms. The van der Waals surface area contributed by atoms with Crippen LogP contribution in [0, 0.1) is 0 Å². The molecule has 0 aliphatic carbocycles. The SMILES string of the molecule is CCOC(=O)C(O)CCCc1ccc(-c2cc(Cl)cc(Cl)c2)cc1.COCC(N)=O. The van der Waals surface area contributed by atoms with Gasteiger partial charge in [0.25, 0.3) is 0 Å². The molecule has 0 bridgehead atoms. The minimum Gasteiger partial charge on any atom is -0.464 e. The van der Waals surface area contributed by atoms with Crippen LogP contribution in [0.1, 0.15) is 25.3 Å². The second kappa shape index (κ2) is 14.0. The molecule has 0 heterocycles. The van der Waals surface area contributed by atoms with Crippen LogP contribution in [0.3, 0.4) is 0 Å². The average molecular weight is 456 g/mol. The number of halogens is 2. The van der Waals surface area contributed by atoms with Gasteiger partial charge in [-0.1, -0.05) is 47.5 Å². The van der Waals surface area contributed by atoms with E-state index in [1.54, 1.807) is 13.0 Å². The minimum absolute atomic E-state index is 0.0139. The van der Waals surface area contributed by atoms with Crippen molar-refractivity contribution in [1.29, 1.82) is 0 Å². The van der Waals surface area contributed by atoms with Gasteiger partial charge >= 0.3 is 5.97 Å². The summed E-state index contributed by atoms with van der Waals surface area (Å²) in [5.74, 6) is -0.983. The Labute approximate surface area is 186 Å². The molecule has 0 saturated heterocycles. The van der Waals surface area contributed by atoms with Crippen molar-refractivity contribution in [3.05, 3.63) is 58.1 Å². The minimum atomic E-state index is -1.04. The van der Waals surface area contributed by atoms with Crippen molar-refractivity contribution in [2.45, 2.75) is 32.3 Å². The lowest BCUT2D eigenvalue weighted by atomic mass is 10.0. The number of benzene rings is 2. The van der Waals surface area contributed by atoms with Crippen molar-refractivity contribution >= 4 is 35.1 Å². The standard InChI is InChI=1S/C19H20Cl2O3.C3H7NO2/c1-2-24-19(23)18(22)5-3-4-13-6-8-14(9-7-13)15-10-16(20)12-17(21)11-15;1-6-2-3(4)5/h6-12,18,22H,2-5H2,1H3;2H2,1H3,(H2,4,5). The van der Waals surface area contributed by atoms with Crippen molar-refractivity contribution in [2.75, 3.05) is 20.3 Å². The summed E-state index contributed by atoms with van der Waals surface area (Å²) in [6.45, 7) is 2.02. The fraction of sp³-hybridized carbons (Fsp3) is 0.364. The molecule has 6 nitrogen and oxygen atoms in total. The van der Waals surface area contributed by atoms with Crippen LogP contribution in [0.15, 0.2) is 42.5 Å². The maximum absolute atomic E-state index is 11.3. The Morgan fingerprint density at radius 2 is 1.67 bits per heavy atom. The number of rotatable bonds is 9. The van der Waals surface area contributed by atoms with Crippen molar-refractivity contribution < 1.29 is 24.2 Å². The molecule has 0 aromatic heterocycles. The molecule has 8 heteroatoms. The van der Waals surface area contributed by atoms with E-state index in [2.05, 4.69) is 10.5 Å². The van der Waals surface area contributed by atoms with Gasteiger partial charge in [-0.3, -0.25) is 4.79 Å². The number of esters is 1. The molecule has 0 spiro atoms. The third-order valence-corrected chi connectivity index (χ3v) is 4.37. The number of carbonyl (C=O) groups is 2. The number of ether oxygens (including phenoxy) is 2. The molecule has 2 aromatic rings. The molecular formula is C22H27Cl2NO5. The lowest BCUT2D eigenvalue weighted by Gasteiger charge is -2.09. The molecule has 164 valence electrons. The van der Waals surface area contributed by atoms with Gasteiger partial charge in [0, 0.05) is 17.2 Å². The Bertz CT molecular complexity index is 791. The summed E-state index contributed by atoms with van der Waals surface area (Å²) in [7, 11) is 1.42. The molecule has 0 aliphatic heterocycles. The summed E-state index contributed by atoms with van der Waals surface area (Å²) in [6.07, 6.45) is 0.845. The van der Waals surface area contributed by atoms with E-state index in [0.29, 0.717) is 22.9 Å². The molecule has 1 unspecified atom stereocenters. The second-order valence-electron chi connectivity index (χ2n) is 6.41. The van der Waals surface area contributed by atoms with Gasteiger partial charge in [-0.05, 0) is 61.1 Å². The van der Waals surface area contributed by atoms with E-state index in [-0.39, 0.29) is 13.2 Å². The molecule has 2 rings (SSSR count). The van der Waals surface area contributed by atoms with Crippen molar-refractivity contribution in [3.63, 3.8) is 0 Å². The van der Waals surface area contributed by atoms with Crippen LogP contribution in [-0.4, -0.2) is 43.4 Å². The van der Waals surface area contributed by atoms with Crippen LogP contribution in [0.5, 0.6) is 0 Å². The van der Waals surface area contributed by atoms with E-state index in [1.807, 2.05) is 36.4 Å². The Kier molecular flexibility index (Phi) is 12.1. The van der Waals surface area contributed by atoms with Gasteiger partial charge in [-0.15, -0.1) is 0 Å². The third kappa shape index (κ3) is 10.1. The van der Waals surface area contributed by atoms with Gasteiger partial charge < -0.3 is 20.3 Å². The summed E-state index contributed by atoms with van der Waals surface area (Å²) in [5.41, 5.74) is 7.79. The zero-order valence-corrected chi connectivity index (χ0v) is 18.6. The van der Waals surface area contributed by atoms with Crippen LogP contribution in [0.2, 0.25) is 10.0 Å². The lowest BCUT2D eigenvalue weighted by Crippen LogP contribution is -2.23. The van der Waals surface area contributed by atoms with E-state index in [1.165, 1.54) is 7.11 Å². The first kappa shape index (κ1) is 25.9. The molecule has 0 fully saturated rings. The highest BCUT2D eigenvalue weighted by atomic mass is 35.5. The highest BCUT2D eigenvalue weighted by molar-refractivity contribution is 6.35. The zero-order chi connectivity index (χ0) is 22.5. The molecular weight excluding hydrogens is 429 g/mol. The maximum Gasteiger partial charge on any atom is 0.334 e. The molecule has 1 atom stereocenters. The average Bonchev–Trinajstić information content (AvgIpc) is 2.68. The van der Waals surface area contributed by atoms with E-state index >= 15 is 0 Å². The predicted octanol–water partition coefficient (Wildman–Crippen LogP) is 4.03. The summed E-state index contributed by atoms with van der Waals surface area (Å²) < 4.78 is 9.11. The lowest BCUT2D eigenvalue weighted by molar-refractivity contribution is -0.153. The van der Waals surface area contributed by atoms with E-state index < -0.39 is 18.0 Å². The number of aryl methyl sites for hydroxylation is 1. The highest BCUT2D eigenvalue weighted by Gasteiger charge is 2.15. The molecule has 3 N–H and O–H groups in total. The van der Waals surface area contributed by atoms with Gasteiger partial charge in [0.1, 0.15) is 6.61 Å². The van der Waals surface area contributed by atoms with Crippen LogP contribution in [-0.2, 0) is 25.5 Å². The largest absolute Gasteiger partial charge is 0.464 e. The third-order valence-electron chi connectivity index (χ3n) is 3.94. The first-order valence-corrected chi connectivity index (χ1v) is 10.2. The molecule has 0 radical (unpaired) electrons. The van der Waals surface area contributed by atoms with Crippen LogP contribution in [0.25, 0.3) is 11.1 Å². The molecule has 2 aromatic carbocycles. The summed E-state index contributed by atoms with van der Waals surface area (Å²) in [6, 6.07) is 13.5. The van der Waals surface area contributed by atoms with E-state index in [9.17, 15) is 14.7 Å². The first-order valence-electron chi connectivity index (χ1n) is 9.44. The molecule has 0 aliphatic rings. The number of aliphatic hydroxyl groups is 1. The predicted molar refractivity (Wildman–Crippen MR) is 119 cm³/mol. The Morgan fingerprint density at radius 3 is 2.13 bits per heavy atom. The number of amides is 1. The number of methoxy groups -OCH3 is 1. The normalized spacial score (nSPS) is 11.2. The first-order chi connectivity index (χ1) is 14.3. The smallest absolute Gasteiger partial charge is 0.334 e. The number of aliphatic hydroxyl groups excluding tert-OH is 1. The Morgan fingerprint density at radius 1 is 1.07 bits per heavy atom. The van der Waals surface area contributed by atoms with Crippen LogP contribution < -0.4 is 5.73 Å². The van der Waals surface area contributed by atoms with Crippen molar-refractivity contribution in [1.82, 2.24) is 0 Å². The zero-order valence-electron chi connectivity index (χ0n) is 17.1. The van der Waals surface area contributed by atoms with Gasteiger partial charge in [-0.25, -0.2) is 4.79 Å². The Hall–Kier alpha value is -2.12. The second-order valence-corrected chi connectivity index (χ2v) is 7.29. The number of primary amides is 1. The van der Waals surface area contributed by atoms with Crippen LogP contribution in [0.4, 0.5) is 0 Å². The van der Waals surface area contributed by atoms with Gasteiger partial charge in [0.05, 0.1) is 6.61 Å². The van der Waals surface area contributed by atoms with E-state index in [4.69, 9.17) is 27.9 Å². The fourth-order valence-electron chi connectivity index (χ4n) is 2.58. The van der Waals surface area contributed by atoms with Crippen molar-refractivity contribution in [3.8, 4) is 11.1 Å². The number of carbonyl (C=O) groups excluding carboxylic acids is 2. The number of hydrogen-bond acceptors (Lipinski definition) is 5. The summed E-state index contributed by atoms with van der Waals surface area (Å²) in [5, 5.41) is 10.9. The summed E-state index contributed by atoms with van der Waals surface area (Å²) >= 11 is 12.1. The number of hydrogen-bond donors (Lipinski definition) is 2. The molecule has 1 amide bonds. The van der Waals surface area contributed by atoms with Gasteiger partial charge in [-0.2, -0.15) is 0 Å². The Balaban J connectivity index is 0.000000656.